The van der Waals surface area contributed by atoms with E-state index >= 15 is 0 Å². The highest BCUT2D eigenvalue weighted by atomic mass is 19.1. The first-order valence-electron chi connectivity index (χ1n) is 14.0. The van der Waals surface area contributed by atoms with Crippen molar-refractivity contribution in [3.8, 4) is 5.75 Å². The highest BCUT2D eigenvalue weighted by Gasteiger charge is 2.52. The molecule has 0 fully saturated rings. The Morgan fingerprint density at radius 3 is 2.43 bits per heavy atom. The van der Waals surface area contributed by atoms with Gasteiger partial charge in [0.05, 0.1) is 6.61 Å². The van der Waals surface area contributed by atoms with E-state index in [-0.39, 0.29) is 31.3 Å². The number of benzene rings is 4. The lowest BCUT2D eigenvalue weighted by molar-refractivity contribution is -0.129. The molecule has 6 nitrogen and oxygen atoms in total. The van der Waals surface area contributed by atoms with Gasteiger partial charge in [0.1, 0.15) is 11.6 Å². The summed E-state index contributed by atoms with van der Waals surface area (Å²) in [6.45, 7) is 0.615. The van der Waals surface area contributed by atoms with E-state index in [9.17, 15) is 9.18 Å². The van der Waals surface area contributed by atoms with Crippen LogP contribution in [0.3, 0.4) is 0 Å². The number of rotatable bonds is 12. The summed E-state index contributed by atoms with van der Waals surface area (Å²) in [4.78, 5) is 19.2. The van der Waals surface area contributed by atoms with E-state index in [1.807, 2.05) is 97.1 Å². The van der Waals surface area contributed by atoms with Crippen LogP contribution in [0.15, 0.2) is 120 Å². The van der Waals surface area contributed by atoms with Gasteiger partial charge in [-0.3, -0.25) is 4.79 Å². The number of aliphatic hydroxyl groups is 1. The van der Waals surface area contributed by atoms with Crippen molar-refractivity contribution in [2.75, 3.05) is 13.2 Å². The third-order valence-corrected chi connectivity index (χ3v) is 7.01. The lowest BCUT2D eigenvalue weighted by Gasteiger charge is -2.29. The fraction of sp³-hybridized carbons (Fsp3) is 0.200. The van der Waals surface area contributed by atoms with Crippen LogP contribution in [-0.4, -0.2) is 35.7 Å². The average Bonchev–Trinajstić information content (AvgIpc) is 3.42. The number of halogens is 1. The van der Waals surface area contributed by atoms with E-state index in [2.05, 4.69) is 5.32 Å². The number of hydrogen-bond acceptors (Lipinski definition) is 5. The number of carbonyl (C=O) groups excluding carboxylic acids is 1. The predicted molar refractivity (Wildman–Crippen MR) is 162 cm³/mol. The van der Waals surface area contributed by atoms with Crippen molar-refractivity contribution in [1.82, 2.24) is 5.32 Å². The summed E-state index contributed by atoms with van der Waals surface area (Å²) in [5, 5.41) is 12.0. The van der Waals surface area contributed by atoms with Gasteiger partial charge in [-0.2, -0.15) is 0 Å². The van der Waals surface area contributed by atoms with Crippen LogP contribution in [0.5, 0.6) is 5.75 Å². The van der Waals surface area contributed by atoms with E-state index < -0.39 is 11.6 Å². The smallest absolute Gasteiger partial charge is 0.252 e. The molecule has 2 N–H and O–H groups in total. The highest BCUT2D eigenvalue weighted by Crippen LogP contribution is 2.43. The van der Waals surface area contributed by atoms with Crippen molar-refractivity contribution < 1.29 is 23.8 Å². The van der Waals surface area contributed by atoms with Gasteiger partial charge in [0.15, 0.2) is 11.6 Å². The van der Waals surface area contributed by atoms with Gasteiger partial charge in [0.25, 0.3) is 5.91 Å². The maximum atomic E-state index is 14.2. The molecule has 1 aliphatic heterocycles. The summed E-state index contributed by atoms with van der Waals surface area (Å²) in [7, 11) is 0. The van der Waals surface area contributed by atoms with Crippen molar-refractivity contribution in [2.24, 2.45) is 4.99 Å². The van der Waals surface area contributed by atoms with Gasteiger partial charge in [0.2, 0.25) is 5.90 Å². The third-order valence-electron chi connectivity index (χ3n) is 7.01. The summed E-state index contributed by atoms with van der Waals surface area (Å²) in [5.74, 6) is 0.324. The van der Waals surface area contributed by atoms with Crippen LogP contribution in [0.2, 0.25) is 0 Å². The van der Waals surface area contributed by atoms with E-state index in [0.29, 0.717) is 35.8 Å². The van der Waals surface area contributed by atoms with Crippen LogP contribution in [0.4, 0.5) is 4.39 Å². The van der Waals surface area contributed by atoms with Crippen LogP contribution in [-0.2, 0) is 16.1 Å². The Hall–Kier alpha value is -4.75. The topological polar surface area (TPSA) is 80.2 Å². The number of hydrogen-bond donors (Lipinski definition) is 2. The fourth-order valence-corrected chi connectivity index (χ4v) is 4.86. The van der Waals surface area contributed by atoms with Gasteiger partial charge in [-0.25, -0.2) is 9.38 Å². The molecule has 0 unspecified atom stereocenters. The quantitative estimate of drug-likeness (QED) is 0.199. The van der Waals surface area contributed by atoms with Crippen molar-refractivity contribution in [3.63, 3.8) is 0 Å². The zero-order chi connectivity index (χ0) is 29.2. The first-order valence-corrected chi connectivity index (χ1v) is 14.0. The SMILES string of the molecule is O=C(NCc1cccc(F)c1)[C@]1(C/C=C/c2ccccc2)N=C(c2ccc(OCCCO)cc2)O[C@@H]1c1ccccc1. The molecule has 0 aliphatic carbocycles. The van der Waals surface area contributed by atoms with Crippen LogP contribution in [0.25, 0.3) is 6.08 Å². The molecule has 42 heavy (non-hydrogen) atoms. The molecule has 0 bridgehead atoms. The molecule has 1 amide bonds. The number of carbonyl (C=O) groups is 1. The monoisotopic (exact) mass is 564 g/mol. The van der Waals surface area contributed by atoms with Gasteiger partial charge < -0.3 is 19.9 Å². The van der Waals surface area contributed by atoms with E-state index in [0.717, 1.165) is 11.1 Å². The molecule has 0 saturated carbocycles. The zero-order valence-electron chi connectivity index (χ0n) is 23.2. The van der Waals surface area contributed by atoms with Crippen molar-refractivity contribution in [2.45, 2.75) is 31.0 Å². The molecule has 0 spiro atoms. The summed E-state index contributed by atoms with van der Waals surface area (Å²) in [6.07, 6.45) is 4.01. The summed E-state index contributed by atoms with van der Waals surface area (Å²) in [6, 6.07) is 32.9. The molecular weight excluding hydrogens is 531 g/mol. The van der Waals surface area contributed by atoms with Crippen LogP contribution < -0.4 is 10.1 Å². The second-order valence-electron chi connectivity index (χ2n) is 10.0. The largest absolute Gasteiger partial charge is 0.494 e. The molecule has 2 atom stereocenters. The first kappa shape index (κ1) is 28.8. The first-order chi connectivity index (χ1) is 20.6. The van der Waals surface area contributed by atoms with Crippen molar-refractivity contribution in [3.05, 3.63) is 143 Å². The minimum Gasteiger partial charge on any atom is -0.494 e. The maximum Gasteiger partial charge on any atom is 0.252 e. The summed E-state index contributed by atoms with van der Waals surface area (Å²) < 4.78 is 26.0. The highest BCUT2D eigenvalue weighted by molar-refractivity contribution is 6.01. The number of amides is 1. The number of ether oxygens (including phenoxy) is 2. The molecule has 214 valence electrons. The van der Waals surface area contributed by atoms with E-state index in [1.165, 1.54) is 12.1 Å². The lowest BCUT2D eigenvalue weighted by atomic mass is 9.84. The van der Waals surface area contributed by atoms with Gasteiger partial charge in [-0.1, -0.05) is 84.9 Å². The summed E-state index contributed by atoms with van der Waals surface area (Å²) in [5.41, 5.74) is 1.84. The molecule has 1 aliphatic rings. The molecule has 0 radical (unpaired) electrons. The van der Waals surface area contributed by atoms with Gasteiger partial charge in [0, 0.05) is 31.6 Å². The minimum atomic E-state index is -1.33. The second kappa shape index (κ2) is 13.7. The van der Waals surface area contributed by atoms with E-state index in [1.54, 1.807) is 12.1 Å². The normalized spacial score (nSPS) is 18.0. The average molecular weight is 565 g/mol. The Balaban J connectivity index is 1.50. The van der Waals surface area contributed by atoms with Crippen molar-refractivity contribution in [1.29, 1.82) is 0 Å². The standard InChI is InChI=1S/C35H33FN2O4/c36-30-16-7-12-27(24-30)25-37-34(40)35(21-8-13-26-10-3-1-4-11-26)32(28-14-5-2-6-15-28)42-33(38-35)29-17-19-31(20-18-29)41-23-9-22-39/h1-8,10-20,24,32,39H,9,21-23,25H2,(H,37,40)/b13-8+/t32-,35-/m1/s1. The molecule has 0 saturated heterocycles. The number of aliphatic imine (C=N–C) groups is 1. The maximum absolute atomic E-state index is 14.2. The van der Waals surface area contributed by atoms with E-state index in [4.69, 9.17) is 19.6 Å². The molecular formula is C35H33FN2O4. The van der Waals surface area contributed by atoms with Crippen molar-refractivity contribution >= 4 is 17.9 Å². The van der Waals surface area contributed by atoms with Gasteiger partial charge in [-0.15, -0.1) is 0 Å². The number of nitrogens with zero attached hydrogens (tertiary/aromatic N) is 1. The van der Waals surface area contributed by atoms with Gasteiger partial charge in [-0.05, 0) is 53.1 Å². The Labute approximate surface area is 245 Å². The Morgan fingerprint density at radius 1 is 0.976 bits per heavy atom. The third kappa shape index (κ3) is 6.93. The summed E-state index contributed by atoms with van der Waals surface area (Å²) >= 11 is 0. The zero-order valence-corrected chi connectivity index (χ0v) is 23.2. The van der Waals surface area contributed by atoms with Crippen LogP contribution >= 0.6 is 0 Å². The molecule has 4 aromatic carbocycles. The van der Waals surface area contributed by atoms with Crippen LogP contribution in [0, 0.1) is 5.82 Å². The number of nitrogens with one attached hydrogen (secondary N) is 1. The molecule has 7 heteroatoms. The predicted octanol–water partition coefficient (Wildman–Crippen LogP) is 6.26. The molecule has 0 aromatic heterocycles. The minimum absolute atomic E-state index is 0.0612. The number of aliphatic hydroxyl groups excluding tert-OH is 1. The molecule has 5 rings (SSSR count). The second-order valence-corrected chi connectivity index (χ2v) is 10.0. The Bertz CT molecular complexity index is 1520. The molecule has 4 aromatic rings. The fourth-order valence-electron chi connectivity index (χ4n) is 4.86. The van der Waals surface area contributed by atoms with Gasteiger partial charge >= 0.3 is 0 Å². The Kier molecular flexibility index (Phi) is 9.41. The van der Waals surface area contributed by atoms with Crippen LogP contribution in [0.1, 0.15) is 41.2 Å². The lowest BCUT2D eigenvalue weighted by Crippen LogP contribution is -2.47. The molecule has 1 heterocycles. The Morgan fingerprint density at radius 2 is 1.71 bits per heavy atom.